The molecule has 0 unspecified atom stereocenters. The van der Waals surface area contributed by atoms with Gasteiger partial charge in [0, 0.05) is 17.6 Å². The first kappa shape index (κ1) is 12.7. The molecule has 0 bridgehead atoms. The summed E-state index contributed by atoms with van der Waals surface area (Å²) in [6.45, 7) is 5.57. The molecule has 18 heavy (non-hydrogen) atoms. The average Bonchev–Trinajstić information content (AvgIpc) is 2.93. The monoisotopic (exact) mass is 248 g/mol. The number of alkyl carbamates (subject to hydrolysis) is 1. The fourth-order valence-corrected chi connectivity index (χ4v) is 1.97. The minimum absolute atomic E-state index is 0.168. The second-order valence-electron chi connectivity index (χ2n) is 5.77. The van der Waals surface area contributed by atoms with Crippen molar-refractivity contribution in [1.29, 1.82) is 0 Å². The van der Waals surface area contributed by atoms with Crippen LogP contribution >= 0.6 is 0 Å². The Bertz CT molecular complexity index is 451. The summed E-state index contributed by atoms with van der Waals surface area (Å²) in [4.78, 5) is 11.6. The number of rotatable bonds is 2. The Morgan fingerprint density at radius 2 is 2.17 bits per heavy atom. The number of nitrogens with two attached hydrogens (primary N) is 1. The zero-order chi connectivity index (χ0) is 13.3. The van der Waals surface area contributed by atoms with E-state index in [9.17, 15) is 4.79 Å². The summed E-state index contributed by atoms with van der Waals surface area (Å²) >= 11 is 0. The van der Waals surface area contributed by atoms with Crippen LogP contribution in [0.2, 0.25) is 0 Å². The second kappa shape index (κ2) is 4.52. The van der Waals surface area contributed by atoms with Gasteiger partial charge in [-0.25, -0.2) is 4.79 Å². The number of ether oxygens (including phenoxy) is 1. The average molecular weight is 248 g/mol. The van der Waals surface area contributed by atoms with Crippen LogP contribution in [0.5, 0.6) is 0 Å². The molecule has 3 N–H and O–H groups in total. The lowest BCUT2D eigenvalue weighted by Gasteiger charge is -2.19. The Balaban J connectivity index is 1.87. The number of benzene rings is 1. The maximum absolute atomic E-state index is 11.6. The van der Waals surface area contributed by atoms with Gasteiger partial charge in [-0.15, -0.1) is 0 Å². The smallest absolute Gasteiger partial charge is 0.407 e. The molecule has 0 radical (unpaired) electrons. The third kappa shape index (κ3) is 3.39. The number of carbonyl (C=O) groups excluding carboxylic acids is 1. The summed E-state index contributed by atoms with van der Waals surface area (Å²) in [5.41, 5.74) is 7.23. The molecule has 4 heteroatoms. The van der Waals surface area contributed by atoms with Crippen LogP contribution in [-0.4, -0.2) is 17.7 Å². The number of carbonyl (C=O) groups is 1. The SMILES string of the molecule is CC(C)(C)OC(=O)N[C@@H]1C[C@H]1c1cccc(N)c1. The van der Waals surface area contributed by atoms with Crippen molar-refractivity contribution >= 4 is 11.8 Å². The van der Waals surface area contributed by atoms with Crippen molar-refractivity contribution in [2.24, 2.45) is 0 Å². The summed E-state index contributed by atoms with van der Waals surface area (Å²) in [5, 5.41) is 2.88. The third-order valence-corrected chi connectivity index (χ3v) is 2.83. The van der Waals surface area contributed by atoms with E-state index in [2.05, 4.69) is 5.32 Å². The number of anilines is 1. The Morgan fingerprint density at radius 3 is 2.78 bits per heavy atom. The fraction of sp³-hybridized carbons (Fsp3) is 0.500. The zero-order valence-corrected chi connectivity index (χ0v) is 11.1. The molecule has 2 atom stereocenters. The maximum Gasteiger partial charge on any atom is 0.407 e. The summed E-state index contributed by atoms with van der Waals surface area (Å²) in [7, 11) is 0. The highest BCUT2D eigenvalue weighted by Gasteiger charge is 2.40. The highest BCUT2D eigenvalue weighted by Crippen LogP contribution is 2.41. The molecule has 1 aromatic carbocycles. The van der Waals surface area contributed by atoms with Crippen LogP contribution in [0.4, 0.5) is 10.5 Å². The summed E-state index contributed by atoms with van der Waals surface area (Å²) in [6, 6.07) is 7.97. The van der Waals surface area contributed by atoms with Gasteiger partial charge >= 0.3 is 6.09 Å². The summed E-state index contributed by atoms with van der Waals surface area (Å²) in [5.74, 6) is 0.362. The molecule has 0 spiro atoms. The first-order valence-electron chi connectivity index (χ1n) is 6.20. The Kier molecular flexibility index (Phi) is 3.20. The summed E-state index contributed by atoms with van der Waals surface area (Å²) in [6.07, 6.45) is 0.599. The molecule has 0 aliphatic heterocycles. The van der Waals surface area contributed by atoms with E-state index in [0.717, 1.165) is 12.1 Å². The van der Waals surface area contributed by atoms with Gasteiger partial charge in [-0.05, 0) is 44.9 Å². The highest BCUT2D eigenvalue weighted by atomic mass is 16.6. The molecular formula is C14H20N2O2. The number of nitrogens with one attached hydrogen (secondary N) is 1. The van der Waals surface area contributed by atoms with E-state index in [-0.39, 0.29) is 12.1 Å². The van der Waals surface area contributed by atoms with Gasteiger partial charge in [0.05, 0.1) is 0 Å². The van der Waals surface area contributed by atoms with E-state index in [1.807, 2.05) is 45.0 Å². The van der Waals surface area contributed by atoms with Crippen LogP contribution in [0.15, 0.2) is 24.3 Å². The molecule has 1 aliphatic carbocycles. The Morgan fingerprint density at radius 1 is 1.44 bits per heavy atom. The van der Waals surface area contributed by atoms with Crippen molar-refractivity contribution in [3.8, 4) is 0 Å². The highest BCUT2D eigenvalue weighted by molar-refractivity contribution is 5.69. The molecule has 1 saturated carbocycles. The molecule has 4 nitrogen and oxygen atoms in total. The third-order valence-electron chi connectivity index (χ3n) is 2.83. The van der Waals surface area contributed by atoms with Gasteiger partial charge in [0.15, 0.2) is 0 Å². The van der Waals surface area contributed by atoms with E-state index in [1.54, 1.807) is 0 Å². The minimum atomic E-state index is -0.453. The van der Waals surface area contributed by atoms with E-state index in [1.165, 1.54) is 5.56 Å². The van der Waals surface area contributed by atoms with Crippen LogP contribution in [0.3, 0.4) is 0 Å². The van der Waals surface area contributed by atoms with Crippen LogP contribution in [0.1, 0.15) is 38.7 Å². The van der Waals surface area contributed by atoms with Crippen molar-refractivity contribution in [2.45, 2.75) is 44.8 Å². The normalized spacial score (nSPS) is 22.4. The fourth-order valence-electron chi connectivity index (χ4n) is 1.97. The molecule has 0 heterocycles. The number of hydrogen-bond acceptors (Lipinski definition) is 3. The first-order valence-corrected chi connectivity index (χ1v) is 6.20. The number of hydrogen-bond donors (Lipinski definition) is 2. The standard InChI is InChI=1S/C14H20N2O2/c1-14(2,3)18-13(17)16-12-8-11(12)9-5-4-6-10(15)7-9/h4-7,11-12H,8,15H2,1-3H3,(H,16,17)/t11-,12+/m0/s1. The lowest BCUT2D eigenvalue weighted by atomic mass is 10.1. The largest absolute Gasteiger partial charge is 0.444 e. The van der Waals surface area contributed by atoms with Crippen LogP contribution in [0.25, 0.3) is 0 Å². The van der Waals surface area contributed by atoms with Gasteiger partial charge in [-0.2, -0.15) is 0 Å². The van der Waals surface area contributed by atoms with Crippen molar-refractivity contribution in [3.63, 3.8) is 0 Å². The summed E-state index contributed by atoms with van der Waals surface area (Å²) < 4.78 is 5.22. The molecule has 98 valence electrons. The van der Waals surface area contributed by atoms with E-state index in [0.29, 0.717) is 5.92 Å². The molecule has 0 saturated heterocycles. The number of amides is 1. The van der Waals surface area contributed by atoms with E-state index >= 15 is 0 Å². The van der Waals surface area contributed by atoms with Gasteiger partial charge in [-0.1, -0.05) is 12.1 Å². The van der Waals surface area contributed by atoms with Crippen molar-refractivity contribution in [3.05, 3.63) is 29.8 Å². The van der Waals surface area contributed by atoms with Crippen LogP contribution < -0.4 is 11.1 Å². The van der Waals surface area contributed by atoms with Crippen molar-refractivity contribution in [1.82, 2.24) is 5.32 Å². The Hall–Kier alpha value is -1.71. The molecule has 1 amide bonds. The van der Waals surface area contributed by atoms with Crippen LogP contribution in [-0.2, 0) is 4.74 Å². The molecule has 1 fully saturated rings. The molecule has 1 aliphatic rings. The predicted octanol–water partition coefficient (Wildman–Crippen LogP) is 2.65. The number of nitrogen functional groups attached to an aromatic ring is 1. The molecule has 2 rings (SSSR count). The van der Waals surface area contributed by atoms with Crippen LogP contribution in [0, 0.1) is 0 Å². The Labute approximate surface area is 108 Å². The van der Waals surface area contributed by atoms with Gasteiger partial charge in [-0.3, -0.25) is 0 Å². The topological polar surface area (TPSA) is 64.3 Å². The van der Waals surface area contributed by atoms with E-state index < -0.39 is 5.60 Å². The van der Waals surface area contributed by atoms with Gasteiger partial charge in [0.1, 0.15) is 5.60 Å². The second-order valence-corrected chi connectivity index (χ2v) is 5.77. The van der Waals surface area contributed by atoms with Crippen molar-refractivity contribution in [2.75, 3.05) is 5.73 Å². The van der Waals surface area contributed by atoms with Crippen molar-refractivity contribution < 1.29 is 9.53 Å². The van der Waals surface area contributed by atoms with E-state index in [4.69, 9.17) is 10.5 Å². The molecular weight excluding hydrogens is 228 g/mol. The quantitative estimate of drug-likeness (QED) is 0.791. The first-order chi connectivity index (χ1) is 8.35. The minimum Gasteiger partial charge on any atom is -0.444 e. The lowest BCUT2D eigenvalue weighted by Crippen LogP contribution is -2.34. The van der Waals surface area contributed by atoms with Gasteiger partial charge in [0.2, 0.25) is 0 Å². The lowest BCUT2D eigenvalue weighted by molar-refractivity contribution is 0.0523. The molecule has 1 aromatic rings. The zero-order valence-electron chi connectivity index (χ0n) is 11.1. The van der Waals surface area contributed by atoms with Gasteiger partial charge < -0.3 is 15.8 Å². The van der Waals surface area contributed by atoms with Gasteiger partial charge in [0.25, 0.3) is 0 Å². The predicted molar refractivity (Wildman–Crippen MR) is 71.4 cm³/mol. The maximum atomic E-state index is 11.6. The molecule has 0 aromatic heterocycles.